The van der Waals surface area contributed by atoms with Gasteiger partial charge in [-0.15, -0.1) is 0 Å². The predicted octanol–water partition coefficient (Wildman–Crippen LogP) is 3.23. The third kappa shape index (κ3) is 3.86. The fourth-order valence-corrected chi connectivity index (χ4v) is 1.82. The van der Waals surface area contributed by atoms with Crippen LogP contribution in [0.3, 0.4) is 0 Å². The predicted molar refractivity (Wildman–Crippen MR) is 81.5 cm³/mol. The summed E-state index contributed by atoms with van der Waals surface area (Å²) in [5.74, 6) is 1.55. The molecule has 0 aliphatic carbocycles. The summed E-state index contributed by atoms with van der Waals surface area (Å²) in [5, 5.41) is 3.20. The molecule has 0 atom stereocenters. The Labute approximate surface area is 121 Å². The first-order valence-electron chi connectivity index (χ1n) is 6.01. The number of nitrogens with one attached hydrogen (secondary N) is 1. The average Bonchev–Trinajstić information content (AvgIpc) is 2.40. The summed E-state index contributed by atoms with van der Waals surface area (Å²) >= 11 is 3.42. The Hall–Kier alpha value is -1.75. The Bertz CT molecular complexity index is 560. The van der Waals surface area contributed by atoms with Crippen molar-refractivity contribution >= 4 is 27.4 Å². The van der Waals surface area contributed by atoms with E-state index in [0.29, 0.717) is 24.6 Å². The second-order valence-electron chi connectivity index (χ2n) is 4.08. The molecule has 0 bridgehead atoms. The zero-order chi connectivity index (χ0) is 13.7. The molecule has 3 N–H and O–H groups in total. The van der Waals surface area contributed by atoms with E-state index < -0.39 is 0 Å². The molecule has 1 aromatic carbocycles. The topological polar surface area (TPSA) is 60.2 Å². The van der Waals surface area contributed by atoms with Crippen molar-refractivity contribution in [1.29, 1.82) is 0 Å². The van der Waals surface area contributed by atoms with Gasteiger partial charge >= 0.3 is 0 Å². The lowest BCUT2D eigenvalue weighted by Crippen LogP contribution is -2.13. The van der Waals surface area contributed by atoms with E-state index in [2.05, 4.69) is 26.2 Å². The van der Waals surface area contributed by atoms with Gasteiger partial charge in [-0.2, -0.15) is 0 Å². The maximum absolute atomic E-state index is 5.79. The van der Waals surface area contributed by atoms with Gasteiger partial charge in [0.15, 0.2) is 0 Å². The summed E-state index contributed by atoms with van der Waals surface area (Å²) in [7, 11) is 0. The average molecular weight is 322 g/mol. The van der Waals surface area contributed by atoms with Gasteiger partial charge in [-0.3, -0.25) is 0 Å². The van der Waals surface area contributed by atoms with Gasteiger partial charge in [-0.05, 0) is 47.1 Å². The van der Waals surface area contributed by atoms with E-state index in [1.807, 2.05) is 43.3 Å². The minimum Gasteiger partial charge on any atom is -0.490 e. The Balaban J connectivity index is 1.81. The number of anilines is 2. The summed E-state index contributed by atoms with van der Waals surface area (Å²) in [5.41, 5.74) is 7.40. The normalized spacial score (nSPS) is 10.2. The molecule has 1 heterocycles. The van der Waals surface area contributed by atoms with E-state index in [0.717, 1.165) is 16.0 Å². The Morgan fingerprint density at radius 1 is 1.26 bits per heavy atom. The van der Waals surface area contributed by atoms with Crippen LogP contribution in [0.25, 0.3) is 0 Å². The molecule has 0 saturated heterocycles. The Kier molecular flexibility index (Phi) is 4.63. The first kappa shape index (κ1) is 13.7. The second-order valence-corrected chi connectivity index (χ2v) is 4.93. The van der Waals surface area contributed by atoms with E-state index in [9.17, 15) is 0 Å². The van der Waals surface area contributed by atoms with E-state index in [1.54, 1.807) is 0 Å². The van der Waals surface area contributed by atoms with E-state index in [-0.39, 0.29) is 0 Å². The SMILES string of the molecule is Cc1nc(NCCOc2ccccc2N)ccc1Br. The number of benzene rings is 1. The molecule has 0 aliphatic rings. The summed E-state index contributed by atoms with van der Waals surface area (Å²) in [6, 6.07) is 11.4. The highest BCUT2D eigenvalue weighted by Gasteiger charge is 2.00. The molecule has 0 spiro atoms. The van der Waals surface area contributed by atoms with Crippen molar-refractivity contribution in [3.05, 3.63) is 46.6 Å². The van der Waals surface area contributed by atoms with Crippen molar-refractivity contribution in [2.75, 3.05) is 24.2 Å². The molecule has 100 valence electrons. The van der Waals surface area contributed by atoms with Gasteiger partial charge in [0.25, 0.3) is 0 Å². The van der Waals surface area contributed by atoms with Gasteiger partial charge in [0, 0.05) is 4.47 Å². The fraction of sp³-hybridized carbons (Fsp3) is 0.214. The van der Waals surface area contributed by atoms with Crippen LogP contribution in [0.1, 0.15) is 5.69 Å². The first-order valence-corrected chi connectivity index (χ1v) is 6.80. The van der Waals surface area contributed by atoms with Gasteiger partial charge in [0.1, 0.15) is 18.2 Å². The molecule has 0 unspecified atom stereocenters. The summed E-state index contributed by atoms with van der Waals surface area (Å²) in [6.07, 6.45) is 0. The number of hydrogen-bond acceptors (Lipinski definition) is 4. The van der Waals surface area contributed by atoms with E-state index in [4.69, 9.17) is 10.5 Å². The molecule has 5 heteroatoms. The number of rotatable bonds is 5. The zero-order valence-corrected chi connectivity index (χ0v) is 12.3. The lowest BCUT2D eigenvalue weighted by Gasteiger charge is -2.10. The minimum absolute atomic E-state index is 0.533. The molecule has 2 aromatic rings. The van der Waals surface area contributed by atoms with Crippen LogP contribution >= 0.6 is 15.9 Å². The third-order valence-electron chi connectivity index (χ3n) is 2.61. The van der Waals surface area contributed by atoms with Gasteiger partial charge in [0.05, 0.1) is 17.9 Å². The van der Waals surface area contributed by atoms with Crippen molar-refractivity contribution in [3.63, 3.8) is 0 Å². The lowest BCUT2D eigenvalue weighted by atomic mass is 10.3. The van der Waals surface area contributed by atoms with Gasteiger partial charge in [-0.1, -0.05) is 12.1 Å². The first-order chi connectivity index (χ1) is 9.16. The van der Waals surface area contributed by atoms with E-state index in [1.165, 1.54) is 0 Å². The van der Waals surface area contributed by atoms with Crippen LogP contribution in [0.4, 0.5) is 11.5 Å². The van der Waals surface area contributed by atoms with Crippen LogP contribution in [-0.4, -0.2) is 18.1 Å². The van der Waals surface area contributed by atoms with Crippen LogP contribution in [0.2, 0.25) is 0 Å². The van der Waals surface area contributed by atoms with Crippen LogP contribution in [0.5, 0.6) is 5.75 Å². The molecule has 0 saturated carbocycles. The number of aryl methyl sites for hydroxylation is 1. The van der Waals surface area contributed by atoms with Crippen LogP contribution in [0, 0.1) is 6.92 Å². The highest BCUT2D eigenvalue weighted by molar-refractivity contribution is 9.10. The molecule has 0 aliphatic heterocycles. The molecule has 0 amide bonds. The number of para-hydroxylation sites is 2. The summed E-state index contributed by atoms with van der Waals surface area (Å²) in [4.78, 5) is 4.40. The standard InChI is InChI=1S/C14H16BrN3O/c1-10-11(15)6-7-14(18-10)17-8-9-19-13-5-3-2-4-12(13)16/h2-7H,8-9,16H2,1H3,(H,17,18). The molecular formula is C14H16BrN3O. The number of pyridine rings is 1. The lowest BCUT2D eigenvalue weighted by molar-refractivity contribution is 0.334. The monoisotopic (exact) mass is 321 g/mol. The molecule has 2 rings (SSSR count). The van der Waals surface area contributed by atoms with Crippen LogP contribution < -0.4 is 15.8 Å². The smallest absolute Gasteiger partial charge is 0.142 e. The number of nitrogen functional groups attached to an aromatic ring is 1. The number of hydrogen-bond donors (Lipinski definition) is 2. The van der Waals surface area contributed by atoms with Crippen LogP contribution in [-0.2, 0) is 0 Å². The van der Waals surface area contributed by atoms with Gasteiger partial charge in [-0.25, -0.2) is 4.98 Å². The number of nitrogens with zero attached hydrogens (tertiary/aromatic N) is 1. The fourth-order valence-electron chi connectivity index (χ4n) is 1.59. The molecule has 0 fully saturated rings. The number of ether oxygens (including phenoxy) is 1. The van der Waals surface area contributed by atoms with E-state index >= 15 is 0 Å². The maximum Gasteiger partial charge on any atom is 0.142 e. The molecule has 1 aromatic heterocycles. The Morgan fingerprint density at radius 3 is 2.79 bits per heavy atom. The van der Waals surface area contributed by atoms with Crippen molar-refractivity contribution in [1.82, 2.24) is 4.98 Å². The van der Waals surface area contributed by atoms with Gasteiger partial charge < -0.3 is 15.8 Å². The van der Waals surface area contributed by atoms with Gasteiger partial charge in [0.2, 0.25) is 0 Å². The number of aromatic nitrogens is 1. The minimum atomic E-state index is 0.533. The van der Waals surface area contributed by atoms with Crippen molar-refractivity contribution in [2.45, 2.75) is 6.92 Å². The molecule has 4 nitrogen and oxygen atoms in total. The number of nitrogens with two attached hydrogens (primary N) is 1. The maximum atomic E-state index is 5.79. The second kappa shape index (κ2) is 6.43. The third-order valence-corrected chi connectivity index (χ3v) is 3.44. The van der Waals surface area contributed by atoms with Crippen molar-refractivity contribution < 1.29 is 4.74 Å². The summed E-state index contributed by atoms with van der Waals surface area (Å²) in [6.45, 7) is 3.16. The summed E-state index contributed by atoms with van der Waals surface area (Å²) < 4.78 is 6.59. The van der Waals surface area contributed by atoms with Crippen LogP contribution in [0.15, 0.2) is 40.9 Å². The molecule has 19 heavy (non-hydrogen) atoms. The molecular weight excluding hydrogens is 306 g/mol. The quantitative estimate of drug-likeness (QED) is 0.655. The molecule has 0 radical (unpaired) electrons. The largest absolute Gasteiger partial charge is 0.490 e. The van der Waals surface area contributed by atoms with Crippen molar-refractivity contribution in [2.24, 2.45) is 0 Å². The highest BCUT2D eigenvalue weighted by atomic mass is 79.9. The van der Waals surface area contributed by atoms with Crippen molar-refractivity contribution in [3.8, 4) is 5.75 Å². The Morgan fingerprint density at radius 2 is 2.05 bits per heavy atom. The highest BCUT2D eigenvalue weighted by Crippen LogP contribution is 2.19. The number of halogens is 1. The zero-order valence-electron chi connectivity index (χ0n) is 10.7.